The van der Waals surface area contributed by atoms with Crippen molar-refractivity contribution in [2.45, 2.75) is 19.4 Å². The van der Waals surface area contributed by atoms with E-state index in [-0.39, 0.29) is 12.0 Å². The quantitative estimate of drug-likeness (QED) is 0.838. The Bertz CT molecular complexity index is 324. The summed E-state index contributed by atoms with van der Waals surface area (Å²) < 4.78 is 10.6. The Balaban J connectivity index is 2.30. The molecule has 1 N–H and O–H groups in total. The van der Waals surface area contributed by atoms with E-state index in [1.54, 1.807) is 0 Å². The number of esters is 1. The van der Waals surface area contributed by atoms with Crippen LogP contribution in [0.25, 0.3) is 0 Å². The van der Waals surface area contributed by atoms with Crippen LogP contribution in [0.4, 0.5) is 0 Å². The minimum atomic E-state index is -0.213. The van der Waals surface area contributed by atoms with Gasteiger partial charge in [0.2, 0.25) is 0 Å². The minimum Gasteiger partial charge on any atom is -0.469 e. The SMILES string of the molecule is COC(=O)CCNC(C)c1ccc(Br)o1. The fraction of sp³-hybridized carbons (Fsp3) is 0.500. The molecule has 0 spiro atoms. The summed E-state index contributed by atoms with van der Waals surface area (Å²) in [5.41, 5.74) is 0. The molecule has 5 heteroatoms. The second kappa shape index (κ2) is 5.92. The molecule has 1 aromatic rings. The van der Waals surface area contributed by atoms with Crippen molar-refractivity contribution in [3.8, 4) is 0 Å². The highest BCUT2D eigenvalue weighted by atomic mass is 79.9. The van der Waals surface area contributed by atoms with Crippen LogP contribution in [-0.4, -0.2) is 19.6 Å². The molecule has 0 aromatic carbocycles. The number of furan rings is 1. The highest BCUT2D eigenvalue weighted by Gasteiger charge is 2.09. The van der Waals surface area contributed by atoms with E-state index in [0.717, 1.165) is 5.76 Å². The molecule has 84 valence electrons. The third-order valence-corrected chi connectivity index (χ3v) is 2.45. The van der Waals surface area contributed by atoms with E-state index in [4.69, 9.17) is 4.42 Å². The lowest BCUT2D eigenvalue weighted by molar-refractivity contribution is -0.140. The number of hydrogen-bond donors (Lipinski definition) is 1. The predicted octanol–water partition coefficient (Wildman–Crippen LogP) is 2.26. The molecule has 0 fully saturated rings. The summed E-state index contributed by atoms with van der Waals surface area (Å²) in [4.78, 5) is 10.8. The van der Waals surface area contributed by atoms with Crippen molar-refractivity contribution in [1.29, 1.82) is 0 Å². The fourth-order valence-electron chi connectivity index (χ4n) is 1.15. The van der Waals surface area contributed by atoms with E-state index in [0.29, 0.717) is 17.6 Å². The molecule has 0 aliphatic carbocycles. The van der Waals surface area contributed by atoms with Gasteiger partial charge in [-0.25, -0.2) is 0 Å². The molecule has 1 atom stereocenters. The third-order valence-electron chi connectivity index (χ3n) is 2.03. The highest BCUT2D eigenvalue weighted by Crippen LogP contribution is 2.19. The number of nitrogens with one attached hydrogen (secondary N) is 1. The zero-order chi connectivity index (χ0) is 11.3. The summed E-state index contributed by atoms with van der Waals surface area (Å²) in [5.74, 6) is 0.627. The van der Waals surface area contributed by atoms with Crippen LogP contribution in [0.1, 0.15) is 25.1 Å². The van der Waals surface area contributed by atoms with Crippen molar-refractivity contribution < 1.29 is 13.9 Å². The van der Waals surface area contributed by atoms with Crippen molar-refractivity contribution in [1.82, 2.24) is 5.32 Å². The number of carbonyl (C=O) groups is 1. The summed E-state index contributed by atoms with van der Waals surface area (Å²) in [7, 11) is 1.38. The van der Waals surface area contributed by atoms with Gasteiger partial charge >= 0.3 is 5.97 Å². The fourth-order valence-corrected chi connectivity index (χ4v) is 1.47. The Kier molecular flexibility index (Phi) is 4.84. The van der Waals surface area contributed by atoms with E-state index in [1.165, 1.54) is 7.11 Å². The lowest BCUT2D eigenvalue weighted by atomic mass is 10.2. The predicted molar refractivity (Wildman–Crippen MR) is 59.5 cm³/mol. The van der Waals surface area contributed by atoms with Crippen molar-refractivity contribution in [3.63, 3.8) is 0 Å². The van der Waals surface area contributed by atoms with Gasteiger partial charge in [0.15, 0.2) is 4.67 Å². The molecular weight excluding hydrogens is 262 g/mol. The van der Waals surface area contributed by atoms with Crippen LogP contribution in [0.2, 0.25) is 0 Å². The standard InChI is InChI=1S/C10H14BrNO3/c1-7(8-3-4-9(11)15-8)12-6-5-10(13)14-2/h3-4,7,12H,5-6H2,1-2H3. The van der Waals surface area contributed by atoms with Crippen molar-refractivity contribution in [2.24, 2.45) is 0 Å². The maximum absolute atomic E-state index is 10.8. The molecule has 15 heavy (non-hydrogen) atoms. The Morgan fingerprint density at radius 1 is 1.67 bits per heavy atom. The first-order chi connectivity index (χ1) is 7.13. The average Bonchev–Trinajstić information content (AvgIpc) is 2.64. The highest BCUT2D eigenvalue weighted by molar-refractivity contribution is 9.10. The van der Waals surface area contributed by atoms with Gasteiger partial charge in [0, 0.05) is 6.54 Å². The Morgan fingerprint density at radius 2 is 2.40 bits per heavy atom. The zero-order valence-electron chi connectivity index (χ0n) is 8.75. The maximum atomic E-state index is 10.8. The lowest BCUT2D eigenvalue weighted by Crippen LogP contribution is -2.22. The summed E-state index contributed by atoms with van der Waals surface area (Å²) in [6.45, 7) is 2.55. The molecule has 0 aliphatic rings. The lowest BCUT2D eigenvalue weighted by Gasteiger charge is -2.10. The molecule has 1 heterocycles. The molecule has 1 rings (SSSR count). The van der Waals surface area contributed by atoms with Gasteiger partial charge < -0.3 is 14.5 Å². The van der Waals surface area contributed by atoms with Crippen LogP contribution in [0, 0.1) is 0 Å². The first-order valence-corrected chi connectivity index (χ1v) is 5.48. The van der Waals surface area contributed by atoms with Gasteiger partial charge in [-0.15, -0.1) is 0 Å². The average molecular weight is 276 g/mol. The largest absolute Gasteiger partial charge is 0.469 e. The first kappa shape index (κ1) is 12.3. The van der Waals surface area contributed by atoms with E-state index in [9.17, 15) is 4.79 Å². The van der Waals surface area contributed by atoms with Gasteiger partial charge in [0.25, 0.3) is 0 Å². The van der Waals surface area contributed by atoms with E-state index in [2.05, 4.69) is 26.0 Å². The van der Waals surface area contributed by atoms with Crippen LogP contribution >= 0.6 is 15.9 Å². The number of ether oxygens (including phenoxy) is 1. The smallest absolute Gasteiger partial charge is 0.306 e. The summed E-state index contributed by atoms with van der Waals surface area (Å²) in [6.07, 6.45) is 0.364. The third kappa shape index (κ3) is 4.05. The summed E-state index contributed by atoms with van der Waals surface area (Å²) >= 11 is 3.23. The summed E-state index contributed by atoms with van der Waals surface area (Å²) in [5, 5.41) is 3.16. The number of hydrogen-bond acceptors (Lipinski definition) is 4. The Morgan fingerprint density at radius 3 is 2.93 bits per heavy atom. The molecule has 1 unspecified atom stereocenters. The normalized spacial score (nSPS) is 12.5. The van der Waals surface area contributed by atoms with Gasteiger partial charge in [-0.05, 0) is 35.0 Å². The topological polar surface area (TPSA) is 51.5 Å². The molecule has 1 aromatic heterocycles. The van der Waals surface area contributed by atoms with E-state index < -0.39 is 0 Å². The number of carbonyl (C=O) groups excluding carboxylic acids is 1. The van der Waals surface area contributed by atoms with Gasteiger partial charge in [0.05, 0.1) is 19.6 Å². The Labute approximate surface area is 97.1 Å². The molecular formula is C10H14BrNO3. The van der Waals surface area contributed by atoms with Crippen LogP contribution in [0.3, 0.4) is 0 Å². The molecule has 0 aliphatic heterocycles. The van der Waals surface area contributed by atoms with Gasteiger partial charge in [-0.3, -0.25) is 4.79 Å². The molecule has 0 radical (unpaired) electrons. The minimum absolute atomic E-state index is 0.0842. The van der Waals surface area contributed by atoms with Crippen molar-refractivity contribution in [3.05, 3.63) is 22.6 Å². The first-order valence-electron chi connectivity index (χ1n) is 4.69. The van der Waals surface area contributed by atoms with Gasteiger partial charge in [-0.1, -0.05) is 0 Å². The second-order valence-corrected chi connectivity index (χ2v) is 3.93. The molecule has 0 saturated carbocycles. The van der Waals surface area contributed by atoms with Crippen molar-refractivity contribution >= 4 is 21.9 Å². The maximum Gasteiger partial charge on any atom is 0.306 e. The molecule has 4 nitrogen and oxygen atoms in total. The van der Waals surface area contributed by atoms with Crippen LogP contribution in [-0.2, 0) is 9.53 Å². The Hall–Kier alpha value is -0.810. The van der Waals surface area contributed by atoms with Gasteiger partial charge in [0.1, 0.15) is 5.76 Å². The number of rotatable bonds is 5. The molecule has 0 saturated heterocycles. The van der Waals surface area contributed by atoms with E-state index in [1.807, 2.05) is 19.1 Å². The second-order valence-electron chi connectivity index (χ2n) is 3.14. The van der Waals surface area contributed by atoms with Gasteiger partial charge in [-0.2, -0.15) is 0 Å². The van der Waals surface area contributed by atoms with Crippen LogP contribution < -0.4 is 5.32 Å². The van der Waals surface area contributed by atoms with Crippen LogP contribution in [0.15, 0.2) is 21.2 Å². The molecule has 0 amide bonds. The zero-order valence-corrected chi connectivity index (χ0v) is 10.3. The van der Waals surface area contributed by atoms with Crippen LogP contribution in [0.5, 0.6) is 0 Å². The monoisotopic (exact) mass is 275 g/mol. The van der Waals surface area contributed by atoms with E-state index >= 15 is 0 Å². The number of methoxy groups -OCH3 is 1. The van der Waals surface area contributed by atoms with Crippen molar-refractivity contribution in [2.75, 3.05) is 13.7 Å². The number of halogens is 1. The molecule has 0 bridgehead atoms. The summed E-state index contributed by atoms with van der Waals surface area (Å²) in [6, 6.07) is 3.81.